The molecule has 1 aliphatic rings. The van der Waals surface area contributed by atoms with Crippen LogP contribution in [0.5, 0.6) is 0 Å². The molecule has 1 fully saturated rings. The standard InChI is InChI=1S/C14H23N3O2S.ClH/c1-9-6-11(4-5-15-9)13(18)16-7-12-8-20-14(17-12)10(2)19-3;/h8-11,15H,4-7H2,1-3H3,(H,16,18);1H/t9-,10?,11-;/m0./s1. The number of aromatic nitrogens is 1. The van der Waals surface area contributed by atoms with Gasteiger partial charge in [-0.1, -0.05) is 0 Å². The van der Waals surface area contributed by atoms with Crippen LogP contribution in [0, 0.1) is 5.92 Å². The first-order valence-electron chi connectivity index (χ1n) is 7.08. The van der Waals surface area contributed by atoms with E-state index in [1.807, 2.05) is 12.3 Å². The number of halogens is 1. The van der Waals surface area contributed by atoms with E-state index in [1.165, 1.54) is 0 Å². The number of methoxy groups -OCH3 is 1. The molecule has 0 saturated carbocycles. The van der Waals surface area contributed by atoms with Crippen LogP contribution in [0.15, 0.2) is 5.38 Å². The summed E-state index contributed by atoms with van der Waals surface area (Å²) < 4.78 is 5.24. The summed E-state index contributed by atoms with van der Waals surface area (Å²) in [4.78, 5) is 16.6. The summed E-state index contributed by atoms with van der Waals surface area (Å²) in [6.07, 6.45) is 1.84. The number of carbonyl (C=O) groups excluding carboxylic acids is 1. The zero-order valence-electron chi connectivity index (χ0n) is 12.7. The molecule has 0 spiro atoms. The highest BCUT2D eigenvalue weighted by atomic mass is 35.5. The first kappa shape index (κ1) is 18.4. The van der Waals surface area contributed by atoms with Crippen LogP contribution in [-0.4, -0.2) is 30.6 Å². The molecule has 1 amide bonds. The summed E-state index contributed by atoms with van der Waals surface area (Å²) in [5, 5.41) is 9.29. The van der Waals surface area contributed by atoms with Crippen molar-refractivity contribution in [2.75, 3.05) is 13.7 Å². The first-order chi connectivity index (χ1) is 9.60. The van der Waals surface area contributed by atoms with Crippen LogP contribution in [-0.2, 0) is 16.1 Å². The van der Waals surface area contributed by atoms with Crippen LogP contribution < -0.4 is 10.6 Å². The number of rotatable bonds is 5. The van der Waals surface area contributed by atoms with Gasteiger partial charge >= 0.3 is 0 Å². The molecule has 1 aromatic heterocycles. The largest absolute Gasteiger partial charge is 0.375 e. The monoisotopic (exact) mass is 333 g/mol. The smallest absolute Gasteiger partial charge is 0.223 e. The average molecular weight is 334 g/mol. The molecule has 1 aromatic rings. The third kappa shape index (κ3) is 5.21. The van der Waals surface area contributed by atoms with Gasteiger partial charge in [0.1, 0.15) is 11.1 Å². The first-order valence-corrected chi connectivity index (χ1v) is 7.96. The number of nitrogens with zero attached hydrogens (tertiary/aromatic N) is 1. The third-order valence-corrected chi connectivity index (χ3v) is 4.76. The Labute approximate surface area is 136 Å². The Hall–Kier alpha value is -0.690. The van der Waals surface area contributed by atoms with Crippen LogP contribution in [0.2, 0.25) is 0 Å². The highest BCUT2D eigenvalue weighted by Crippen LogP contribution is 2.20. The predicted octanol–water partition coefficient (Wildman–Crippen LogP) is 2.28. The van der Waals surface area contributed by atoms with E-state index in [0.29, 0.717) is 12.6 Å². The lowest BCUT2D eigenvalue weighted by Gasteiger charge is -2.26. The average Bonchev–Trinajstić information content (AvgIpc) is 2.92. The van der Waals surface area contributed by atoms with E-state index in [2.05, 4.69) is 22.5 Å². The Morgan fingerprint density at radius 2 is 2.43 bits per heavy atom. The third-order valence-electron chi connectivity index (χ3n) is 3.71. The Morgan fingerprint density at radius 3 is 3.10 bits per heavy atom. The minimum atomic E-state index is 0. The molecule has 2 rings (SSSR count). The molecule has 120 valence electrons. The molecule has 3 atom stereocenters. The molecule has 7 heteroatoms. The summed E-state index contributed by atoms with van der Waals surface area (Å²) in [6, 6.07) is 0.424. The van der Waals surface area contributed by atoms with E-state index in [9.17, 15) is 4.79 Å². The summed E-state index contributed by atoms with van der Waals surface area (Å²) >= 11 is 1.57. The van der Waals surface area contributed by atoms with Gasteiger partial charge in [0.25, 0.3) is 0 Å². The van der Waals surface area contributed by atoms with E-state index in [4.69, 9.17) is 4.74 Å². The molecular weight excluding hydrogens is 310 g/mol. The molecule has 0 radical (unpaired) electrons. The summed E-state index contributed by atoms with van der Waals surface area (Å²) in [5.41, 5.74) is 0.907. The van der Waals surface area contributed by atoms with Crippen molar-refractivity contribution in [2.45, 2.75) is 45.4 Å². The zero-order valence-corrected chi connectivity index (χ0v) is 14.4. The van der Waals surface area contributed by atoms with Gasteiger partial charge < -0.3 is 15.4 Å². The van der Waals surface area contributed by atoms with E-state index in [-0.39, 0.29) is 30.3 Å². The zero-order chi connectivity index (χ0) is 14.5. The molecular formula is C14H24ClN3O2S. The van der Waals surface area contributed by atoms with Crippen molar-refractivity contribution in [3.8, 4) is 0 Å². The lowest BCUT2D eigenvalue weighted by Crippen LogP contribution is -2.42. The summed E-state index contributed by atoms with van der Waals surface area (Å²) in [7, 11) is 1.67. The minimum absolute atomic E-state index is 0. The Kier molecular flexibility index (Phi) is 7.59. The molecule has 1 unspecified atom stereocenters. The van der Waals surface area contributed by atoms with Crippen LogP contribution in [0.4, 0.5) is 0 Å². The van der Waals surface area contributed by atoms with Crippen LogP contribution in [0.25, 0.3) is 0 Å². The normalized spacial score (nSPS) is 23.2. The van der Waals surface area contributed by atoms with Crippen LogP contribution >= 0.6 is 23.7 Å². The molecule has 1 aliphatic heterocycles. The van der Waals surface area contributed by atoms with Gasteiger partial charge in [-0.25, -0.2) is 4.98 Å². The van der Waals surface area contributed by atoms with Gasteiger partial charge in [-0.3, -0.25) is 4.79 Å². The predicted molar refractivity (Wildman–Crippen MR) is 86.8 cm³/mol. The summed E-state index contributed by atoms with van der Waals surface area (Å²) in [5.74, 6) is 0.273. The quantitative estimate of drug-likeness (QED) is 0.867. The number of nitrogens with one attached hydrogen (secondary N) is 2. The molecule has 5 nitrogen and oxygen atoms in total. The van der Waals surface area contributed by atoms with Gasteiger partial charge in [0.2, 0.25) is 5.91 Å². The van der Waals surface area contributed by atoms with Crippen molar-refractivity contribution in [1.29, 1.82) is 0 Å². The summed E-state index contributed by atoms with van der Waals surface area (Å²) in [6.45, 7) is 5.52. The second-order valence-electron chi connectivity index (χ2n) is 5.35. The topological polar surface area (TPSA) is 63.2 Å². The van der Waals surface area contributed by atoms with Crippen molar-refractivity contribution in [3.63, 3.8) is 0 Å². The highest BCUT2D eigenvalue weighted by Gasteiger charge is 2.24. The maximum Gasteiger partial charge on any atom is 0.223 e. The Bertz CT molecular complexity index is 455. The van der Waals surface area contributed by atoms with E-state index in [0.717, 1.165) is 30.1 Å². The lowest BCUT2D eigenvalue weighted by molar-refractivity contribution is -0.126. The Morgan fingerprint density at radius 1 is 1.67 bits per heavy atom. The number of amides is 1. The molecule has 0 aromatic carbocycles. The fourth-order valence-electron chi connectivity index (χ4n) is 2.38. The molecule has 2 heterocycles. The van der Waals surface area contributed by atoms with Gasteiger partial charge in [-0.15, -0.1) is 23.7 Å². The van der Waals surface area contributed by atoms with Crippen LogP contribution in [0.3, 0.4) is 0 Å². The van der Waals surface area contributed by atoms with Crippen LogP contribution in [0.1, 0.15) is 43.5 Å². The second kappa shape index (κ2) is 8.68. The number of ether oxygens (including phenoxy) is 1. The minimum Gasteiger partial charge on any atom is -0.375 e. The number of hydrogen-bond donors (Lipinski definition) is 2. The van der Waals surface area contributed by atoms with Gasteiger partial charge in [0.15, 0.2) is 0 Å². The van der Waals surface area contributed by atoms with Crippen molar-refractivity contribution >= 4 is 29.7 Å². The molecule has 1 saturated heterocycles. The van der Waals surface area contributed by atoms with Crippen molar-refractivity contribution in [2.24, 2.45) is 5.92 Å². The lowest BCUT2D eigenvalue weighted by atomic mass is 9.92. The van der Waals surface area contributed by atoms with Crippen molar-refractivity contribution in [1.82, 2.24) is 15.6 Å². The Balaban J connectivity index is 0.00000220. The SMILES string of the molecule is COC(C)c1nc(CNC(=O)[C@H]2CCN[C@@H](C)C2)cs1.Cl. The molecule has 0 bridgehead atoms. The van der Waals surface area contributed by atoms with Gasteiger partial charge in [0, 0.05) is 24.4 Å². The van der Waals surface area contributed by atoms with E-state index in [1.54, 1.807) is 18.4 Å². The molecule has 0 aliphatic carbocycles. The second-order valence-corrected chi connectivity index (χ2v) is 6.24. The fourth-order valence-corrected chi connectivity index (χ4v) is 3.23. The molecule has 2 N–H and O–H groups in total. The number of piperidine rings is 1. The van der Waals surface area contributed by atoms with Gasteiger partial charge in [-0.05, 0) is 33.2 Å². The van der Waals surface area contributed by atoms with Crippen molar-refractivity contribution in [3.05, 3.63) is 16.1 Å². The highest BCUT2D eigenvalue weighted by molar-refractivity contribution is 7.09. The van der Waals surface area contributed by atoms with Crippen molar-refractivity contribution < 1.29 is 9.53 Å². The van der Waals surface area contributed by atoms with E-state index < -0.39 is 0 Å². The fraction of sp³-hybridized carbons (Fsp3) is 0.714. The van der Waals surface area contributed by atoms with E-state index >= 15 is 0 Å². The maximum absolute atomic E-state index is 12.1. The molecule has 21 heavy (non-hydrogen) atoms. The number of carbonyl (C=O) groups is 1. The number of hydrogen-bond acceptors (Lipinski definition) is 5. The number of thiazole rings is 1. The maximum atomic E-state index is 12.1. The van der Waals surface area contributed by atoms with Gasteiger partial charge in [0.05, 0.1) is 12.2 Å². The van der Waals surface area contributed by atoms with Gasteiger partial charge in [-0.2, -0.15) is 0 Å².